The number of rotatable bonds is 4. The summed E-state index contributed by atoms with van der Waals surface area (Å²) in [6.45, 7) is 8.31. The molecule has 24 heavy (non-hydrogen) atoms. The van der Waals surface area contributed by atoms with E-state index in [1.165, 1.54) is 12.8 Å². The van der Waals surface area contributed by atoms with E-state index in [1.807, 2.05) is 25.1 Å². The van der Waals surface area contributed by atoms with Crippen molar-refractivity contribution in [1.29, 1.82) is 0 Å². The van der Waals surface area contributed by atoms with Gasteiger partial charge in [-0.25, -0.2) is 0 Å². The van der Waals surface area contributed by atoms with Gasteiger partial charge in [-0.1, -0.05) is 0 Å². The first-order chi connectivity index (χ1) is 11.5. The second-order valence-corrected chi connectivity index (χ2v) is 7.06. The minimum absolute atomic E-state index is 0.535. The van der Waals surface area contributed by atoms with Crippen molar-refractivity contribution in [3.63, 3.8) is 0 Å². The molecular formula is C17H30N6O. The van der Waals surface area contributed by atoms with Crippen LogP contribution in [0, 0.1) is 5.92 Å². The van der Waals surface area contributed by atoms with Gasteiger partial charge in [-0.05, 0) is 25.7 Å². The largest absolute Gasteiger partial charge is 0.383 e. The molecule has 3 rings (SSSR count). The van der Waals surface area contributed by atoms with E-state index < -0.39 is 0 Å². The smallest absolute Gasteiger partial charge is 0.228 e. The Kier molecular flexibility index (Phi) is 5.40. The van der Waals surface area contributed by atoms with E-state index in [2.05, 4.69) is 26.7 Å². The number of piperidine rings is 1. The molecule has 7 heteroatoms. The third kappa shape index (κ3) is 3.89. The van der Waals surface area contributed by atoms with Crippen molar-refractivity contribution >= 4 is 17.6 Å². The number of aromatic nitrogens is 2. The fourth-order valence-electron chi connectivity index (χ4n) is 3.70. The van der Waals surface area contributed by atoms with Gasteiger partial charge in [-0.3, -0.25) is 4.90 Å². The number of hydrogen-bond donors (Lipinski definition) is 1. The van der Waals surface area contributed by atoms with E-state index in [9.17, 15) is 0 Å². The lowest BCUT2D eigenvalue weighted by Gasteiger charge is -2.41. The Morgan fingerprint density at radius 2 is 1.83 bits per heavy atom. The molecule has 3 heterocycles. The standard InChI is InChI=1S/C17H30N6O/c1-13(22-8-10-24-11-9-22)14-4-6-23(7-5-14)16-12-15(18)19-17(20-16)21(2)3/h12-14H,4-11H2,1-3H3,(H2,18,19,20). The molecule has 0 saturated carbocycles. The lowest BCUT2D eigenvalue weighted by molar-refractivity contribution is 0.00448. The Morgan fingerprint density at radius 3 is 2.46 bits per heavy atom. The molecule has 1 aromatic rings. The summed E-state index contributed by atoms with van der Waals surface area (Å²) in [4.78, 5) is 15.7. The number of morpholine rings is 1. The van der Waals surface area contributed by atoms with E-state index in [0.717, 1.165) is 51.1 Å². The molecule has 0 bridgehead atoms. The molecule has 2 aliphatic heterocycles. The maximum absolute atomic E-state index is 5.95. The first-order valence-corrected chi connectivity index (χ1v) is 8.93. The first-order valence-electron chi connectivity index (χ1n) is 8.93. The summed E-state index contributed by atoms with van der Waals surface area (Å²) in [6, 6.07) is 2.52. The number of nitrogen functional groups attached to an aromatic ring is 1. The molecule has 0 aliphatic carbocycles. The van der Waals surface area contributed by atoms with Gasteiger partial charge in [0.1, 0.15) is 11.6 Å². The number of anilines is 3. The zero-order valence-corrected chi connectivity index (χ0v) is 15.1. The third-order valence-electron chi connectivity index (χ3n) is 5.29. The summed E-state index contributed by atoms with van der Waals surface area (Å²) >= 11 is 0. The van der Waals surface area contributed by atoms with E-state index in [0.29, 0.717) is 17.8 Å². The average Bonchev–Trinajstić information content (AvgIpc) is 2.61. The van der Waals surface area contributed by atoms with Gasteiger partial charge in [-0.2, -0.15) is 9.97 Å². The van der Waals surface area contributed by atoms with Crippen molar-refractivity contribution in [2.24, 2.45) is 5.92 Å². The van der Waals surface area contributed by atoms with E-state index in [1.54, 1.807) is 0 Å². The van der Waals surface area contributed by atoms with Gasteiger partial charge in [0.15, 0.2) is 0 Å². The van der Waals surface area contributed by atoms with Crippen LogP contribution >= 0.6 is 0 Å². The molecule has 0 amide bonds. The molecule has 7 nitrogen and oxygen atoms in total. The maximum Gasteiger partial charge on any atom is 0.228 e. The van der Waals surface area contributed by atoms with Gasteiger partial charge >= 0.3 is 0 Å². The highest BCUT2D eigenvalue weighted by molar-refractivity contribution is 5.52. The monoisotopic (exact) mass is 334 g/mol. The Balaban J connectivity index is 1.60. The van der Waals surface area contributed by atoms with Gasteiger partial charge in [0, 0.05) is 52.4 Å². The van der Waals surface area contributed by atoms with Crippen LogP contribution < -0.4 is 15.5 Å². The SMILES string of the molecule is CC(C1CCN(c2cc(N)nc(N(C)C)n2)CC1)N1CCOCC1. The van der Waals surface area contributed by atoms with Crippen LogP contribution in [0.15, 0.2) is 6.07 Å². The normalized spacial score (nSPS) is 21.7. The molecular weight excluding hydrogens is 304 g/mol. The van der Waals surface area contributed by atoms with Gasteiger partial charge in [0.05, 0.1) is 13.2 Å². The van der Waals surface area contributed by atoms with Crippen LogP contribution in [0.25, 0.3) is 0 Å². The fourth-order valence-corrected chi connectivity index (χ4v) is 3.70. The van der Waals surface area contributed by atoms with Crippen LogP contribution in [0.3, 0.4) is 0 Å². The van der Waals surface area contributed by atoms with E-state index in [4.69, 9.17) is 10.5 Å². The number of hydrogen-bond acceptors (Lipinski definition) is 7. The molecule has 1 unspecified atom stereocenters. The second-order valence-electron chi connectivity index (χ2n) is 7.06. The average molecular weight is 334 g/mol. The third-order valence-corrected chi connectivity index (χ3v) is 5.29. The van der Waals surface area contributed by atoms with Crippen LogP contribution in [-0.4, -0.2) is 74.4 Å². The molecule has 2 fully saturated rings. The van der Waals surface area contributed by atoms with Crippen molar-refractivity contribution in [3.8, 4) is 0 Å². The molecule has 0 spiro atoms. The van der Waals surface area contributed by atoms with Crippen molar-refractivity contribution < 1.29 is 4.74 Å². The lowest BCUT2D eigenvalue weighted by Crippen LogP contribution is -2.48. The van der Waals surface area contributed by atoms with Gasteiger partial charge < -0.3 is 20.3 Å². The van der Waals surface area contributed by atoms with Crippen LogP contribution in [0.2, 0.25) is 0 Å². The summed E-state index contributed by atoms with van der Waals surface area (Å²) < 4.78 is 5.47. The Labute approximate surface area is 144 Å². The number of nitrogens with zero attached hydrogens (tertiary/aromatic N) is 5. The number of ether oxygens (including phenoxy) is 1. The highest BCUT2D eigenvalue weighted by Gasteiger charge is 2.29. The molecule has 0 radical (unpaired) electrons. The first kappa shape index (κ1) is 17.2. The Morgan fingerprint density at radius 1 is 1.17 bits per heavy atom. The molecule has 2 N–H and O–H groups in total. The summed E-state index contributed by atoms with van der Waals surface area (Å²) in [6.07, 6.45) is 2.39. The topological polar surface area (TPSA) is 70.8 Å². The maximum atomic E-state index is 5.95. The highest BCUT2D eigenvalue weighted by Crippen LogP contribution is 2.28. The second kappa shape index (κ2) is 7.53. The van der Waals surface area contributed by atoms with Crippen molar-refractivity contribution in [3.05, 3.63) is 6.07 Å². The van der Waals surface area contributed by atoms with Crippen LogP contribution in [0.4, 0.5) is 17.6 Å². The predicted octanol–water partition coefficient (Wildman–Crippen LogP) is 1.06. The minimum atomic E-state index is 0.535. The Hall–Kier alpha value is -1.60. The van der Waals surface area contributed by atoms with Crippen LogP contribution in [-0.2, 0) is 4.74 Å². The van der Waals surface area contributed by atoms with E-state index >= 15 is 0 Å². The van der Waals surface area contributed by atoms with Gasteiger partial charge in [0.25, 0.3) is 0 Å². The van der Waals surface area contributed by atoms with Crippen LogP contribution in [0.5, 0.6) is 0 Å². The summed E-state index contributed by atoms with van der Waals surface area (Å²) in [5, 5.41) is 0. The Bertz CT molecular complexity index is 538. The number of nitrogens with two attached hydrogens (primary N) is 1. The van der Waals surface area contributed by atoms with Crippen molar-refractivity contribution in [2.75, 3.05) is 69.0 Å². The van der Waals surface area contributed by atoms with E-state index in [-0.39, 0.29) is 0 Å². The zero-order valence-electron chi connectivity index (χ0n) is 15.1. The van der Waals surface area contributed by atoms with Crippen LogP contribution in [0.1, 0.15) is 19.8 Å². The quantitative estimate of drug-likeness (QED) is 0.883. The summed E-state index contributed by atoms with van der Waals surface area (Å²) in [5.74, 6) is 2.90. The highest BCUT2D eigenvalue weighted by atomic mass is 16.5. The van der Waals surface area contributed by atoms with Crippen molar-refractivity contribution in [2.45, 2.75) is 25.8 Å². The molecule has 2 saturated heterocycles. The van der Waals surface area contributed by atoms with Gasteiger partial charge in [-0.15, -0.1) is 0 Å². The summed E-state index contributed by atoms with van der Waals surface area (Å²) in [5.41, 5.74) is 5.95. The zero-order chi connectivity index (χ0) is 17.1. The molecule has 1 atom stereocenters. The molecule has 0 aromatic carbocycles. The predicted molar refractivity (Wildman–Crippen MR) is 97.6 cm³/mol. The molecule has 134 valence electrons. The van der Waals surface area contributed by atoms with Crippen molar-refractivity contribution in [1.82, 2.24) is 14.9 Å². The fraction of sp³-hybridized carbons (Fsp3) is 0.765. The molecule has 1 aromatic heterocycles. The summed E-state index contributed by atoms with van der Waals surface area (Å²) in [7, 11) is 3.88. The lowest BCUT2D eigenvalue weighted by atomic mass is 9.89. The van der Waals surface area contributed by atoms with Gasteiger partial charge in [0.2, 0.25) is 5.95 Å². The molecule has 2 aliphatic rings. The minimum Gasteiger partial charge on any atom is -0.383 e.